The SMILES string of the molecule is COc1ccc([C@H](N)CCF)cc1F.Cl. The first-order chi connectivity index (χ1) is 6.69. The molecule has 15 heavy (non-hydrogen) atoms. The van der Waals surface area contributed by atoms with Crippen molar-refractivity contribution in [1.82, 2.24) is 0 Å². The van der Waals surface area contributed by atoms with Gasteiger partial charge < -0.3 is 10.5 Å². The summed E-state index contributed by atoms with van der Waals surface area (Å²) in [4.78, 5) is 0. The lowest BCUT2D eigenvalue weighted by atomic mass is 10.1. The van der Waals surface area contributed by atoms with Crippen LogP contribution in [0.25, 0.3) is 0 Å². The minimum Gasteiger partial charge on any atom is -0.494 e. The molecule has 2 N–H and O–H groups in total. The average molecular weight is 238 g/mol. The summed E-state index contributed by atoms with van der Waals surface area (Å²) in [6, 6.07) is 3.95. The second kappa shape index (κ2) is 6.58. The smallest absolute Gasteiger partial charge is 0.165 e. The Hall–Kier alpha value is -0.870. The monoisotopic (exact) mass is 237 g/mol. The van der Waals surface area contributed by atoms with Gasteiger partial charge in [0.1, 0.15) is 0 Å². The second-order valence-corrected chi connectivity index (χ2v) is 2.98. The van der Waals surface area contributed by atoms with Crippen molar-refractivity contribution in [1.29, 1.82) is 0 Å². The Morgan fingerprint density at radius 3 is 2.60 bits per heavy atom. The molecule has 0 aromatic heterocycles. The van der Waals surface area contributed by atoms with Gasteiger partial charge in [-0.3, -0.25) is 4.39 Å². The summed E-state index contributed by atoms with van der Waals surface area (Å²) in [7, 11) is 1.39. The van der Waals surface area contributed by atoms with Gasteiger partial charge in [0.2, 0.25) is 0 Å². The molecule has 2 nitrogen and oxygen atoms in total. The van der Waals surface area contributed by atoms with Crippen molar-refractivity contribution in [3.8, 4) is 5.75 Å². The Kier molecular flexibility index (Phi) is 6.20. The number of nitrogens with two attached hydrogens (primary N) is 1. The molecule has 1 aromatic rings. The van der Waals surface area contributed by atoms with Gasteiger partial charge in [0, 0.05) is 6.04 Å². The molecule has 5 heteroatoms. The molecule has 0 aliphatic carbocycles. The van der Waals surface area contributed by atoms with Crippen LogP contribution >= 0.6 is 12.4 Å². The van der Waals surface area contributed by atoms with Crippen LogP contribution < -0.4 is 10.5 Å². The zero-order chi connectivity index (χ0) is 10.6. The predicted octanol–water partition coefficient (Wildman–Crippen LogP) is 2.62. The van der Waals surface area contributed by atoms with Gasteiger partial charge in [-0.05, 0) is 24.1 Å². The van der Waals surface area contributed by atoms with Crippen LogP contribution in [0, 0.1) is 5.82 Å². The fourth-order valence-electron chi connectivity index (χ4n) is 1.20. The van der Waals surface area contributed by atoms with E-state index in [1.54, 1.807) is 6.07 Å². The molecular weight excluding hydrogens is 224 g/mol. The maximum absolute atomic E-state index is 13.2. The van der Waals surface area contributed by atoms with E-state index in [0.29, 0.717) is 5.56 Å². The first kappa shape index (κ1) is 14.1. The molecule has 0 bridgehead atoms. The molecule has 1 rings (SSSR count). The predicted molar refractivity (Wildman–Crippen MR) is 57.7 cm³/mol. The third-order valence-corrected chi connectivity index (χ3v) is 2.02. The summed E-state index contributed by atoms with van der Waals surface area (Å²) in [5.74, 6) is -0.305. The van der Waals surface area contributed by atoms with Gasteiger partial charge in [-0.1, -0.05) is 6.07 Å². The molecule has 1 aromatic carbocycles. The number of benzene rings is 1. The van der Waals surface area contributed by atoms with Crippen LogP contribution in [-0.2, 0) is 0 Å². The summed E-state index contributed by atoms with van der Waals surface area (Å²) >= 11 is 0. The largest absolute Gasteiger partial charge is 0.494 e. The van der Waals surface area contributed by atoms with E-state index < -0.39 is 18.5 Å². The molecular formula is C10H14ClF2NO. The zero-order valence-electron chi connectivity index (χ0n) is 8.37. The van der Waals surface area contributed by atoms with E-state index in [2.05, 4.69) is 0 Å². The van der Waals surface area contributed by atoms with Crippen molar-refractivity contribution < 1.29 is 13.5 Å². The molecule has 0 saturated carbocycles. The number of hydrogen-bond donors (Lipinski definition) is 1. The highest BCUT2D eigenvalue weighted by atomic mass is 35.5. The van der Waals surface area contributed by atoms with Gasteiger partial charge in [0.15, 0.2) is 11.6 Å². The summed E-state index contributed by atoms with van der Waals surface area (Å²) in [6.45, 7) is -0.505. The van der Waals surface area contributed by atoms with E-state index in [1.807, 2.05) is 0 Å². The van der Waals surface area contributed by atoms with Crippen LogP contribution in [0.15, 0.2) is 18.2 Å². The quantitative estimate of drug-likeness (QED) is 0.874. The molecule has 0 saturated heterocycles. The molecule has 0 unspecified atom stereocenters. The second-order valence-electron chi connectivity index (χ2n) is 2.98. The van der Waals surface area contributed by atoms with Crippen molar-refractivity contribution in [3.05, 3.63) is 29.6 Å². The zero-order valence-corrected chi connectivity index (χ0v) is 9.19. The molecule has 0 aliphatic rings. The van der Waals surface area contributed by atoms with Crippen LogP contribution in [0.5, 0.6) is 5.75 Å². The van der Waals surface area contributed by atoms with E-state index in [-0.39, 0.29) is 24.6 Å². The first-order valence-corrected chi connectivity index (χ1v) is 4.34. The number of halogens is 3. The summed E-state index contributed by atoms with van der Waals surface area (Å²) in [5, 5.41) is 0. The van der Waals surface area contributed by atoms with Crippen LogP contribution in [0.4, 0.5) is 8.78 Å². The Bertz CT molecular complexity index is 309. The van der Waals surface area contributed by atoms with Crippen LogP contribution in [0.3, 0.4) is 0 Å². The van der Waals surface area contributed by atoms with E-state index >= 15 is 0 Å². The van der Waals surface area contributed by atoms with Crippen LogP contribution in [-0.4, -0.2) is 13.8 Å². The summed E-state index contributed by atoms with van der Waals surface area (Å²) in [6.07, 6.45) is 0.200. The van der Waals surface area contributed by atoms with Gasteiger partial charge in [-0.2, -0.15) is 0 Å². The lowest BCUT2D eigenvalue weighted by Crippen LogP contribution is -2.11. The lowest BCUT2D eigenvalue weighted by molar-refractivity contribution is 0.385. The van der Waals surface area contributed by atoms with Gasteiger partial charge in [0.25, 0.3) is 0 Å². The highest BCUT2D eigenvalue weighted by Gasteiger charge is 2.09. The Labute approximate surface area is 93.8 Å². The number of alkyl halides is 1. The standard InChI is InChI=1S/C10H13F2NO.ClH/c1-14-10-3-2-7(6-8(10)12)9(13)4-5-11;/h2-3,6,9H,4-5,13H2,1H3;1H/t9-;/m1./s1. The minimum atomic E-state index is -0.505. The average Bonchev–Trinajstić information content (AvgIpc) is 2.18. The van der Waals surface area contributed by atoms with Crippen molar-refractivity contribution in [2.24, 2.45) is 5.73 Å². The Morgan fingerprint density at radius 1 is 1.47 bits per heavy atom. The van der Waals surface area contributed by atoms with Crippen LogP contribution in [0.1, 0.15) is 18.0 Å². The van der Waals surface area contributed by atoms with Crippen LogP contribution in [0.2, 0.25) is 0 Å². The Morgan fingerprint density at radius 2 is 2.13 bits per heavy atom. The number of rotatable bonds is 4. The molecule has 86 valence electrons. The molecule has 1 atom stereocenters. The highest BCUT2D eigenvalue weighted by molar-refractivity contribution is 5.85. The van der Waals surface area contributed by atoms with E-state index in [9.17, 15) is 8.78 Å². The van der Waals surface area contributed by atoms with Gasteiger partial charge >= 0.3 is 0 Å². The number of hydrogen-bond acceptors (Lipinski definition) is 2. The normalized spacial score (nSPS) is 11.7. The summed E-state index contributed by atoms with van der Waals surface area (Å²) < 4.78 is 29.9. The van der Waals surface area contributed by atoms with Crippen molar-refractivity contribution in [2.45, 2.75) is 12.5 Å². The Balaban J connectivity index is 0.00000196. The minimum absolute atomic E-state index is 0. The maximum atomic E-state index is 13.2. The lowest BCUT2D eigenvalue weighted by Gasteiger charge is -2.10. The summed E-state index contributed by atoms with van der Waals surface area (Å²) in [5.41, 5.74) is 6.20. The number of ether oxygens (including phenoxy) is 1. The maximum Gasteiger partial charge on any atom is 0.165 e. The van der Waals surface area contributed by atoms with Gasteiger partial charge in [0.05, 0.1) is 13.8 Å². The topological polar surface area (TPSA) is 35.2 Å². The van der Waals surface area contributed by atoms with E-state index in [1.165, 1.54) is 19.2 Å². The molecule has 0 amide bonds. The van der Waals surface area contributed by atoms with E-state index in [4.69, 9.17) is 10.5 Å². The molecule has 0 radical (unpaired) electrons. The molecule has 0 fully saturated rings. The third kappa shape index (κ3) is 3.64. The molecule has 0 heterocycles. The molecule has 0 spiro atoms. The van der Waals surface area contributed by atoms with Crippen molar-refractivity contribution >= 4 is 12.4 Å². The van der Waals surface area contributed by atoms with E-state index in [0.717, 1.165) is 0 Å². The third-order valence-electron chi connectivity index (χ3n) is 2.02. The fourth-order valence-corrected chi connectivity index (χ4v) is 1.20. The van der Waals surface area contributed by atoms with Gasteiger partial charge in [-0.25, -0.2) is 4.39 Å². The van der Waals surface area contributed by atoms with Gasteiger partial charge in [-0.15, -0.1) is 12.4 Å². The fraction of sp³-hybridized carbons (Fsp3) is 0.400. The van der Waals surface area contributed by atoms with Crippen molar-refractivity contribution in [2.75, 3.05) is 13.8 Å². The number of methoxy groups -OCH3 is 1. The highest BCUT2D eigenvalue weighted by Crippen LogP contribution is 2.22. The van der Waals surface area contributed by atoms with Crippen molar-refractivity contribution in [3.63, 3.8) is 0 Å². The molecule has 0 aliphatic heterocycles. The first-order valence-electron chi connectivity index (χ1n) is 4.34.